The van der Waals surface area contributed by atoms with E-state index in [-0.39, 0.29) is 12.3 Å². The van der Waals surface area contributed by atoms with Crippen molar-refractivity contribution < 1.29 is 18.6 Å². The number of pyridine rings is 1. The summed E-state index contributed by atoms with van der Waals surface area (Å²) in [5, 5.41) is 16.6. The van der Waals surface area contributed by atoms with Crippen molar-refractivity contribution in [2.24, 2.45) is 4.99 Å². The highest BCUT2D eigenvalue weighted by Gasteiger charge is 2.10. The number of rotatable bonds is 9. The van der Waals surface area contributed by atoms with Crippen molar-refractivity contribution in [3.05, 3.63) is 53.7 Å². The fourth-order valence-electron chi connectivity index (χ4n) is 2.50. The Hall–Kier alpha value is -2.94. The average Bonchev–Trinajstić information content (AvgIpc) is 2.70. The Kier molecular flexibility index (Phi) is 8.60. The van der Waals surface area contributed by atoms with Crippen molar-refractivity contribution in [1.29, 1.82) is 0 Å². The van der Waals surface area contributed by atoms with Gasteiger partial charge in [0, 0.05) is 33.4 Å². The molecule has 9 heteroatoms. The van der Waals surface area contributed by atoms with Gasteiger partial charge in [0.05, 0.1) is 12.6 Å². The van der Waals surface area contributed by atoms with Crippen LogP contribution in [0.5, 0.6) is 5.75 Å². The Bertz CT molecular complexity index is 785. The van der Waals surface area contributed by atoms with Crippen LogP contribution in [0.4, 0.5) is 14.6 Å². The molecule has 0 aliphatic heterocycles. The Morgan fingerprint density at radius 2 is 1.93 bits per heavy atom. The van der Waals surface area contributed by atoms with Gasteiger partial charge in [0.2, 0.25) is 0 Å². The summed E-state index contributed by atoms with van der Waals surface area (Å²) in [6.45, 7) is 0.405. The maximum absolute atomic E-state index is 12.2. The number of nitrogens with zero attached hydrogens (tertiary/aromatic N) is 3. The van der Waals surface area contributed by atoms with Gasteiger partial charge in [-0.05, 0) is 42.3 Å². The van der Waals surface area contributed by atoms with E-state index in [0.29, 0.717) is 24.6 Å². The molecule has 29 heavy (non-hydrogen) atoms. The molecule has 0 amide bonds. The number of hydrogen-bond donors (Lipinski definition) is 3. The van der Waals surface area contributed by atoms with Gasteiger partial charge >= 0.3 is 6.61 Å². The smallest absolute Gasteiger partial charge is 0.387 e. The topological polar surface area (TPSA) is 82.0 Å². The van der Waals surface area contributed by atoms with Crippen LogP contribution >= 0.6 is 0 Å². The van der Waals surface area contributed by atoms with Crippen LogP contribution in [0.25, 0.3) is 0 Å². The van der Waals surface area contributed by atoms with Gasteiger partial charge in [-0.2, -0.15) is 8.78 Å². The Morgan fingerprint density at radius 3 is 2.55 bits per heavy atom. The quantitative estimate of drug-likeness (QED) is 0.438. The van der Waals surface area contributed by atoms with E-state index in [4.69, 9.17) is 0 Å². The van der Waals surface area contributed by atoms with Gasteiger partial charge in [0.15, 0.2) is 5.96 Å². The third-order valence-corrected chi connectivity index (χ3v) is 3.98. The summed E-state index contributed by atoms with van der Waals surface area (Å²) >= 11 is 0. The number of aromatic nitrogens is 1. The van der Waals surface area contributed by atoms with Gasteiger partial charge in [-0.25, -0.2) is 9.98 Å². The minimum absolute atomic E-state index is 0.0493. The van der Waals surface area contributed by atoms with Gasteiger partial charge in [0.1, 0.15) is 11.6 Å². The predicted molar refractivity (Wildman–Crippen MR) is 109 cm³/mol. The molecule has 0 saturated carbocycles. The normalized spacial score (nSPS) is 12.6. The molecular formula is C20H27F2N5O2. The van der Waals surface area contributed by atoms with Crippen LogP contribution in [0.2, 0.25) is 0 Å². The summed E-state index contributed by atoms with van der Waals surface area (Å²) < 4.78 is 28.7. The van der Waals surface area contributed by atoms with E-state index in [1.807, 2.05) is 38.1 Å². The van der Waals surface area contributed by atoms with Gasteiger partial charge < -0.3 is 25.4 Å². The zero-order valence-corrected chi connectivity index (χ0v) is 16.8. The molecule has 0 radical (unpaired) electrons. The van der Waals surface area contributed by atoms with Crippen molar-refractivity contribution in [3.63, 3.8) is 0 Å². The number of hydrogen-bond acceptors (Lipinski definition) is 5. The second-order valence-electron chi connectivity index (χ2n) is 6.46. The molecule has 3 N–H and O–H groups in total. The summed E-state index contributed by atoms with van der Waals surface area (Å²) in [5.41, 5.74) is 1.59. The minimum atomic E-state index is -2.87. The van der Waals surface area contributed by atoms with E-state index < -0.39 is 12.7 Å². The van der Waals surface area contributed by atoms with E-state index in [0.717, 1.165) is 11.4 Å². The summed E-state index contributed by atoms with van der Waals surface area (Å²) in [6, 6.07) is 9.76. The highest BCUT2D eigenvalue weighted by Crippen LogP contribution is 2.19. The Morgan fingerprint density at radius 1 is 1.21 bits per heavy atom. The number of halogens is 2. The summed E-state index contributed by atoms with van der Waals surface area (Å²) in [4.78, 5) is 10.7. The molecule has 0 aliphatic carbocycles. The molecule has 1 aromatic heterocycles. The zero-order valence-electron chi connectivity index (χ0n) is 16.8. The van der Waals surface area contributed by atoms with Crippen LogP contribution in [-0.2, 0) is 6.54 Å². The van der Waals surface area contributed by atoms with Crippen molar-refractivity contribution in [1.82, 2.24) is 15.6 Å². The Labute approximate surface area is 169 Å². The zero-order chi connectivity index (χ0) is 21.2. The SMILES string of the molecule is CCNC(=NCc1ccnc(N(C)C)c1)NCC(O)c1ccc(OC(F)F)cc1. The number of aliphatic imine (C=N–C) groups is 1. The van der Waals surface area contributed by atoms with Crippen molar-refractivity contribution >= 4 is 11.8 Å². The number of ether oxygens (including phenoxy) is 1. The number of aliphatic hydroxyl groups is 1. The number of anilines is 1. The minimum Gasteiger partial charge on any atom is -0.435 e. The molecule has 2 aromatic rings. The van der Waals surface area contributed by atoms with Crippen molar-refractivity contribution in [3.8, 4) is 5.75 Å². The first-order valence-electron chi connectivity index (χ1n) is 9.26. The standard InChI is InChI=1S/C20H27F2N5O2/c1-4-23-20(25-12-14-9-10-24-18(11-14)27(2)3)26-13-17(28)15-5-7-16(8-6-15)29-19(21)22/h5-11,17,19,28H,4,12-13H2,1-3H3,(H2,23,25,26). The van der Waals surface area contributed by atoms with E-state index in [1.165, 1.54) is 12.1 Å². The molecule has 0 aliphatic rings. The maximum Gasteiger partial charge on any atom is 0.387 e. The second-order valence-corrected chi connectivity index (χ2v) is 6.46. The molecule has 0 saturated heterocycles. The van der Waals surface area contributed by atoms with Crippen LogP contribution in [0.15, 0.2) is 47.6 Å². The molecule has 0 spiro atoms. The average molecular weight is 407 g/mol. The third kappa shape index (κ3) is 7.53. The molecular weight excluding hydrogens is 380 g/mol. The fraction of sp³-hybridized carbons (Fsp3) is 0.400. The summed E-state index contributed by atoms with van der Waals surface area (Å²) in [6.07, 6.45) is 0.909. The third-order valence-electron chi connectivity index (χ3n) is 3.98. The lowest BCUT2D eigenvalue weighted by Gasteiger charge is -2.16. The maximum atomic E-state index is 12.2. The van der Waals surface area contributed by atoms with Gasteiger partial charge in [-0.3, -0.25) is 0 Å². The second kappa shape index (κ2) is 11.2. The van der Waals surface area contributed by atoms with E-state index in [2.05, 4.69) is 25.3 Å². The van der Waals surface area contributed by atoms with E-state index in [1.54, 1.807) is 18.3 Å². The molecule has 1 heterocycles. The largest absolute Gasteiger partial charge is 0.435 e. The number of guanidine groups is 1. The monoisotopic (exact) mass is 407 g/mol. The molecule has 0 fully saturated rings. The summed E-state index contributed by atoms with van der Waals surface area (Å²) in [7, 11) is 3.85. The first-order chi connectivity index (χ1) is 13.9. The molecule has 1 aromatic carbocycles. The first kappa shape index (κ1) is 22.4. The van der Waals surface area contributed by atoms with Crippen LogP contribution in [0, 0.1) is 0 Å². The van der Waals surface area contributed by atoms with Gasteiger partial charge in [-0.15, -0.1) is 0 Å². The highest BCUT2D eigenvalue weighted by atomic mass is 19.3. The van der Waals surface area contributed by atoms with Crippen LogP contribution in [-0.4, -0.2) is 49.8 Å². The van der Waals surface area contributed by atoms with Crippen LogP contribution in [0.3, 0.4) is 0 Å². The first-order valence-corrected chi connectivity index (χ1v) is 9.26. The Balaban J connectivity index is 1.95. The lowest BCUT2D eigenvalue weighted by molar-refractivity contribution is -0.0498. The summed E-state index contributed by atoms with van der Waals surface area (Å²) in [5.74, 6) is 1.46. The lowest BCUT2D eigenvalue weighted by atomic mass is 10.1. The number of nitrogens with one attached hydrogen (secondary N) is 2. The number of aliphatic hydroxyl groups excluding tert-OH is 1. The molecule has 158 valence electrons. The molecule has 1 atom stereocenters. The molecule has 7 nitrogen and oxygen atoms in total. The number of benzene rings is 1. The van der Waals surface area contributed by atoms with Crippen molar-refractivity contribution in [2.45, 2.75) is 26.2 Å². The van der Waals surface area contributed by atoms with Gasteiger partial charge in [-0.1, -0.05) is 12.1 Å². The highest BCUT2D eigenvalue weighted by molar-refractivity contribution is 5.79. The van der Waals surface area contributed by atoms with Gasteiger partial charge in [0.25, 0.3) is 0 Å². The van der Waals surface area contributed by atoms with Crippen LogP contribution in [0.1, 0.15) is 24.2 Å². The predicted octanol–water partition coefficient (Wildman–Crippen LogP) is 2.54. The van der Waals surface area contributed by atoms with E-state index >= 15 is 0 Å². The van der Waals surface area contributed by atoms with Crippen LogP contribution < -0.4 is 20.3 Å². The van der Waals surface area contributed by atoms with E-state index in [9.17, 15) is 13.9 Å². The fourth-order valence-corrected chi connectivity index (χ4v) is 2.50. The van der Waals surface area contributed by atoms with Crippen molar-refractivity contribution in [2.75, 3.05) is 32.1 Å². The number of alkyl halides is 2. The molecule has 0 bridgehead atoms. The molecule has 2 rings (SSSR count). The molecule has 1 unspecified atom stereocenters. The lowest BCUT2D eigenvalue weighted by Crippen LogP contribution is -2.39.